The second-order valence-corrected chi connectivity index (χ2v) is 6.05. The van der Waals surface area contributed by atoms with E-state index >= 15 is 0 Å². The summed E-state index contributed by atoms with van der Waals surface area (Å²) in [5.74, 6) is -0.439. The lowest BCUT2D eigenvalue weighted by Gasteiger charge is -2.32. The summed E-state index contributed by atoms with van der Waals surface area (Å²) >= 11 is 0. The monoisotopic (exact) mass is 199 g/mol. The number of ether oxygens (including phenoxy) is 2. The molecule has 2 rings (SSSR count). The topological polar surface area (TPSA) is 30.5 Å². The van der Waals surface area contributed by atoms with Crippen LogP contribution in [-0.2, 0) is 9.47 Å². The largest absolute Gasteiger partial charge is 0.343 e. The standard InChI is InChI=1S/C11H21NO2/c1-9(2)7-8(10(3,4)12-9)14-11(5,6)13-7/h7-8,12H,1-6H3/t7-,8+. The van der Waals surface area contributed by atoms with Crippen LogP contribution in [0.4, 0.5) is 0 Å². The highest BCUT2D eigenvalue weighted by Crippen LogP contribution is 2.44. The Hall–Kier alpha value is -0.120. The van der Waals surface area contributed by atoms with Crippen molar-refractivity contribution in [2.24, 2.45) is 0 Å². The molecule has 0 aromatic heterocycles. The molecule has 0 saturated carbocycles. The third kappa shape index (κ3) is 1.38. The third-order valence-electron chi connectivity index (χ3n) is 3.16. The summed E-state index contributed by atoms with van der Waals surface area (Å²) in [6.07, 6.45) is 0.292. The van der Waals surface area contributed by atoms with E-state index < -0.39 is 5.79 Å². The van der Waals surface area contributed by atoms with E-state index in [1.54, 1.807) is 0 Å². The third-order valence-corrected chi connectivity index (χ3v) is 3.16. The molecule has 2 fully saturated rings. The van der Waals surface area contributed by atoms with Crippen LogP contribution in [0.2, 0.25) is 0 Å². The predicted octanol–water partition coefficient (Wildman–Crippen LogP) is 1.67. The van der Waals surface area contributed by atoms with Gasteiger partial charge >= 0.3 is 0 Å². The number of rotatable bonds is 0. The Morgan fingerprint density at radius 3 is 1.50 bits per heavy atom. The molecule has 0 aromatic carbocycles. The van der Waals surface area contributed by atoms with Crippen molar-refractivity contribution < 1.29 is 9.47 Å². The quantitative estimate of drug-likeness (QED) is 0.643. The molecule has 2 aliphatic heterocycles. The van der Waals surface area contributed by atoms with Crippen molar-refractivity contribution in [2.75, 3.05) is 0 Å². The maximum absolute atomic E-state index is 5.94. The Morgan fingerprint density at radius 2 is 1.14 bits per heavy atom. The maximum atomic E-state index is 5.94. The van der Waals surface area contributed by atoms with Gasteiger partial charge in [0.15, 0.2) is 5.79 Å². The molecule has 82 valence electrons. The summed E-state index contributed by atoms with van der Waals surface area (Å²) in [6.45, 7) is 12.7. The van der Waals surface area contributed by atoms with Crippen molar-refractivity contribution in [1.82, 2.24) is 5.32 Å². The van der Waals surface area contributed by atoms with Gasteiger partial charge in [-0.25, -0.2) is 0 Å². The van der Waals surface area contributed by atoms with E-state index in [1.165, 1.54) is 0 Å². The highest BCUT2D eigenvalue weighted by Gasteiger charge is 2.60. The zero-order valence-electron chi connectivity index (χ0n) is 9.97. The first-order valence-electron chi connectivity index (χ1n) is 5.29. The van der Waals surface area contributed by atoms with Crippen LogP contribution in [0.25, 0.3) is 0 Å². The van der Waals surface area contributed by atoms with Gasteiger partial charge in [-0.15, -0.1) is 0 Å². The van der Waals surface area contributed by atoms with Gasteiger partial charge in [0.2, 0.25) is 0 Å². The molecule has 3 heteroatoms. The lowest BCUT2D eigenvalue weighted by atomic mass is 9.94. The van der Waals surface area contributed by atoms with Crippen LogP contribution >= 0.6 is 0 Å². The van der Waals surface area contributed by atoms with Crippen molar-refractivity contribution >= 4 is 0 Å². The van der Waals surface area contributed by atoms with Crippen LogP contribution < -0.4 is 5.32 Å². The molecule has 0 spiro atoms. The van der Waals surface area contributed by atoms with E-state index in [-0.39, 0.29) is 23.3 Å². The Labute approximate surface area is 86.2 Å². The molecule has 0 amide bonds. The molecule has 2 aliphatic rings. The maximum Gasteiger partial charge on any atom is 0.163 e. The smallest absolute Gasteiger partial charge is 0.163 e. The van der Waals surface area contributed by atoms with Crippen molar-refractivity contribution in [3.63, 3.8) is 0 Å². The fourth-order valence-electron chi connectivity index (χ4n) is 2.79. The van der Waals surface area contributed by atoms with Gasteiger partial charge in [0, 0.05) is 11.1 Å². The van der Waals surface area contributed by atoms with Gasteiger partial charge in [-0.3, -0.25) is 0 Å². The van der Waals surface area contributed by atoms with Crippen LogP contribution in [-0.4, -0.2) is 29.1 Å². The lowest BCUT2D eigenvalue weighted by molar-refractivity contribution is -0.165. The van der Waals surface area contributed by atoms with Crippen LogP contribution in [0.1, 0.15) is 41.5 Å². The zero-order chi connectivity index (χ0) is 10.8. The van der Waals surface area contributed by atoms with Crippen molar-refractivity contribution in [2.45, 2.75) is 70.6 Å². The number of nitrogens with one attached hydrogen (secondary N) is 1. The molecule has 0 aliphatic carbocycles. The Morgan fingerprint density at radius 1 is 0.786 bits per heavy atom. The first-order valence-corrected chi connectivity index (χ1v) is 5.29. The number of fused-ring (bicyclic) bond motifs is 1. The second kappa shape index (κ2) is 2.52. The van der Waals surface area contributed by atoms with E-state index in [9.17, 15) is 0 Å². The summed E-state index contributed by atoms with van der Waals surface area (Å²) in [5, 5.41) is 3.56. The van der Waals surface area contributed by atoms with Gasteiger partial charge in [-0.05, 0) is 41.5 Å². The van der Waals surface area contributed by atoms with E-state index in [0.29, 0.717) is 0 Å². The zero-order valence-corrected chi connectivity index (χ0v) is 9.97. The van der Waals surface area contributed by atoms with Crippen molar-refractivity contribution in [3.05, 3.63) is 0 Å². The summed E-state index contributed by atoms with van der Waals surface area (Å²) < 4.78 is 11.9. The highest BCUT2D eigenvalue weighted by molar-refractivity contribution is 5.14. The molecule has 0 unspecified atom stereocenters. The van der Waals surface area contributed by atoms with Crippen molar-refractivity contribution in [3.8, 4) is 0 Å². The van der Waals surface area contributed by atoms with Gasteiger partial charge in [-0.1, -0.05) is 0 Å². The first kappa shape index (κ1) is 10.4. The normalized spacial score (nSPS) is 42.4. The van der Waals surface area contributed by atoms with Crippen LogP contribution in [0.15, 0.2) is 0 Å². The molecule has 2 heterocycles. The minimum atomic E-state index is -0.439. The Balaban J connectivity index is 2.31. The molecular formula is C11H21NO2. The second-order valence-electron chi connectivity index (χ2n) is 6.05. The SMILES string of the molecule is CC1(C)O[C@@H]2[C@H](O1)C(C)(C)NC2(C)C. The molecule has 2 saturated heterocycles. The molecule has 0 bridgehead atoms. The molecule has 0 radical (unpaired) electrons. The summed E-state index contributed by atoms with van der Waals surface area (Å²) in [6, 6.07) is 0. The fraction of sp³-hybridized carbons (Fsp3) is 1.00. The molecule has 14 heavy (non-hydrogen) atoms. The van der Waals surface area contributed by atoms with Gasteiger partial charge in [0.1, 0.15) is 12.2 Å². The van der Waals surface area contributed by atoms with E-state index in [1.807, 2.05) is 13.8 Å². The summed E-state index contributed by atoms with van der Waals surface area (Å²) in [7, 11) is 0. The van der Waals surface area contributed by atoms with E-state index in [4.69, 9.17) is 9.47 Å². The van der Waals surface area contributed by atoms with Gasteiger partial charge in [-0.2, -0.15) is 0 Å². The van der Waals surface area contributed by atoms with Crippen molar-refractivity contribution in [1.29, 1.82) is 0 Å². The fourth-order valence-corrected chi connectivity index (χ4v) is 2.79. The first-order chi connectivity index (χ1) is 6.14. The van der Waals surface area contributed by atoms with Crippen LogP contribution in [0, 0.1) is 0 Å². The van der Waals surface area contributed by atoms with E-state index in [0.717, 1.165) is 0 Å². The molecule has 0 aromatic rings. The van der Waals surface area contributed by atoms with E-state index in [2.05, 4.69) is 33.0 Å². The summed E-state index contributed by atoms with van der Waals surface area (Å²) in [5.41, 5.74) is -0.0239. The Bertz CT molecular complexity index is 234. The van der Waals surface area contributed by atoms with Crippen LogP contribution in [0.3, 0.4) is 0 Å². The van der Waals surface area contributed by atoms with Gasteiger partial charge in [0.05, 0.1) is 0 Å². The number of hydrogen-bond donors (Lipinski definition) is 1. The Kier molecular flexibility index (Phi) is 1.87. The molecule has 2 atom stereocenters. The lowest BCUT2D eigenvalue weighted by Crippen LogP contribution is -2.50. The number of hydrogen-bond acceptors (Lipinski definition) is 3. The average molecular weight is 199 g/mol. The van der Waals surface area contributed by atoms with Gasteiger partial charge in [0.25, 0.3) is 0 Å². The van der Waals surface area contributed by atoms with Gasteiger partial charge < -0.3 is 14.8 Å². The molecule has 3 nitrogen and oxygen atoms in total. The summed E-state index contributed by atoms with van der Waals surface area (Å²) in [4.78, 5) is 0. The molecular weight excluding hydrogens is 178 g/mol. The molecule has 1 N–H and O–H groups in total. The van der Waals surface area contributed by atoms with Crippen LogP contribution in [0.5, 0.6) is 0 Å². The minimum absolute atomic E-state index is 0.0120. The highest BCUT2D eigenvalue weighted by atomic mass is 16.8. The minimum Gasteiger partial charge on any atom is -0.343 e. The average Bonchev–Trinajstić information content (AvgIpc) is 2.30. The predicted molar refractivity (Wildman–Crippen MR) is 55.1 cm³/mol.